The number of hydrogen-bond donors (Lipinski definition) is 0. The van der Waals surface area contributed by atoms with E-state index in [1.54, 1.807) is 13.4 Å². The lowest BCUT2D eigenvalue weighted by molar-refractivity contribution is -0.148. The molecule has 0 amide bonds. The average molecular weight is 387 g/mol. The summed E-state index contributed by atoms with van der Waals surface area (Å²) < 4.78 is 21.9. The fourth-order valence-electron chi connectivity index (χ4n) is 2.87. The van der Waals surface area contributed by atoms with Crippen molar-refractivity contribution in [2.45, 2.75) is 110 Å². The zero-order chi connectivity index (χ0) is 19.8. The molecule has 0 heterocycles. The van der Waals surface area contributed by atoms with Crippen LogP contribution >= 0.6 is 0 Å². The number of ether oxygens (including phenoxy) is 4. The number of unbranched alkanes of at least 4 members (excludes halogenated alkanes) is 10. The van der Waals surface area contributed by atoms with E-state index in [0.29, 0.717) is 6.79 Å². The molecular weight excluding hydrogens is 340 g/mol. The molecule has 0 unspecified atom stereocenters. The van der Waals surface area contributed by atoms with E-state index in [0.717, 1.165) is 38.9 Å². The van der Waals surface area contributed by atoms with Gasteiger partial charge in [0, 0.05) is 20.3 Å². The van der Waals surface area contributed by atoms with Gasteiger partial charge in [-0.15, -0.1) is 0 Å². The molecule has 0 atom stereocenters. The largest absolute Gasteiger partial charge is 0.476 e. The van der Waals surface area contributed by atoms with E-state index in [4.69, 9.17) is 18.9 Å². The Balaban J connectivity index is 3.61. The highest BCUT2D eigenvalue weighted by molar-refractivity contribution is 4.72. The van der Waals surface area contributed by atoms with Gasteiger partial charge >= 0.3 is 0 Å². The summed E-state index contributed by atoms with van der Waals surface area (Å²) in [6.45, 7) is 6.47. The second-order valence-electron chi connectivity index (χ2n) is 7.23. The molecule has 0 radical (unpaired) electrons. The second kappa shape index (κ2) is 23.5. The van der Waals surface area contributed by atoms with Gasteiger partial charge in [0.2, 0.25) is 0 Å². The summed E-state index contributed by atoms with van der Waals surface area (Å²) in [5.41, 5.74) is 0. The molecule has 0 aromatic heterocycles. The molecule has 0 saturated carbocycles. The van der Waals surface area contributed by atoms with Crippen molar-refractivity contribution in [2.75, 3.05) is 27.1 Å². The molecule has 4 heteroatoms. The summed E-state index contributed by atoms with van der Waals surface area (Å²) in [7, 11) is 1.63. The molecule has 0 aromatic carbocycles. The molecular formula is C23H46O4. The van der Waals surface area contributed by atoms with Crippen molar-refractivity contribution >= 4 is 0 Å². The fraction of sp³-hybridized carbons (Fsp3) is 0.913. The lowest BCUT2D eigenvalue weighted by Crippen LogP contribution is -2.19. The van der Waals surface area contributed by atoms with Crippen molar-refractivity contribution in [1.29, 1.82) is 0 Å². The first-order valence-corrected chi connectivity index (χ1v) is 11.3. The Morgan fingerprint density at radius 2 is 1.30 bits per heavy atom. The maximum absolute atomic E-state index is 5.97. The predicted molar refractivity (Wildman–Crippen MR) is 114 cm³/mol. The van der Waals surface area contributed by atoms with Crippen LogP contribution in [0.25, 0.3) is 0 Å². The summed E-state index contributed by atoms with van der Waals surface area (Å²) in [6.07, 6.45) is 20.8. The molecule has 0 fully saturated rings. The molecule has 0 aliphatic heterocycles. The average Bonchev–Trinajstić information content (AvgIpc) is 2.68. The number of rotatable bonds is 22. The Morgan fingerprint density at radius 1 is 0.704 bits per heavy atom. The van der Waals surface area contributed by atoms with E-state index < -0.39 is 0 Å². The van der Waals surface area contributed by atoms with Crippen LogP contribution in [0.5, 0.6) is 0 Å². The number of allylic oxidation sites excluding steroid dienone is 1. The van der Waals surface area contributed by atoms with Crippen molar-refractivity contribution in [3.05, 3.63) is 12.3 Å². The Hall–Kier alpha value is -0.580. The van der Waals surface area contributed by atoms with E-state index in [-0.39, 0.29) is 6.29 Å². The van der Waals surface area contributed by atoms with E-state index in [1.807, 2.05) is 0 Å². The summed E-state index contributed by atoms with van der Waals surface area (Å²) >= 11 is 0. The van der Waals surface area contributed by atoms with E-state index in [1.165, 1.54) is 64.2 Å². The summed E-state index contributed by atoms with van der Waals surface area (Å²) in [6, 6.07) is 0. The minimum atomic E-state index is 0.0101. The van der Waals surface area contributed by atoms with Crippen LogP contribution in [-0.4, -0.2) is 33.4 Å². The zero-order valence-electron chi connectivity index (χ0n) is 18.4. The minimum absolute atomic E-state index is 0.0101. The zero-order valence-corrected chi connectivity index (χ0v) is 18.4. The van der Waals surface area contributed by atoms with Gasteiger partial charge in [0.05, 0.1) is 6.26 Å². The molecule has 0 spiro atoms. The van der Waals surface area contributed by atoms with Crippen LogP contribution in [0.3, 0.4) is 0 Å². The summed E-state index contributed by atoms with van der Waals surface area (Å²) in [5, 5.41) is 0. The van der Waals surface area contributed by atoms with Crippen LogP contribution in [0.1, 0.15) is 104 Å². The van der Waals surface area contributed by atoms with Gasteiger partial charge in [0.25, 0.3) is 0 Å². The fourth-order valence-corrected chi connectivity index (χ4v) is 2.87. The maximum atomic E-state index is 5.97. The number of methoxy groups -OCH3 is 1. The quantitative estimate of drug-likeness (QED) is 0.114. The molecule has 0 saturated heterocycles. The highest BCUT2D eigenvalue weighted by Gasteiger charge is 2.09. The highest BCUT2D eigenvalue weighted by Crippen LogP contribution is 2.13. The van der Waals surface area contributed by atoms with Gasteiger partial charge in [0.15, 0.2) is 13.1 Å². The van der Waals surface area contributed by atoms with Gasteiger partial charge in [0.1, 0.15) is 0 Å². The van der Waals surface area contributed by atoms with Crippen LogP contribution in [-0.2, 0) is 18.9 Å². The third-order valence-corrected chi connectivity index (χ3v) is 4.54. The van der Waals surface area contributed by atoms with Crippen molar-refractivity contribution in [3.8, 4) is 0 Å². The van der Waals surface area contributed by atoms with Gasteiger partial charge in [-0.1, -0.05) is 65.2 Å². The van der Waals surface area contributed by atoms with Crippen molar-refractivity contribution in [2.24, 2.45) is 0 Å². The standard InChI is InChI=1S/C23H46O4/c1-4-6-15-20-26-23(27-21-16-7-5-2)18-14-12-10-8-9-11-13-17-19-25-22-24-3/h17,19,23H,4-16,18,20-22H2,1-3H3. The van der Waals surface area contributed by atoms with E-state index >= 15 is 0 Å². The molecule has 4 nitrogen and oxygen atoms in total. The molecule has 0 N–H and O–H groups in total. The Labute approximate surface area is 169 Å². The van der Waals surface area contributed by atoms with Crippen LogP contribution in [0, 0.1) is 0 Å². The van der Waals surface area contributed by atoms with Crippen LogP contribution < -0.4 is 0 Å². The van der Waals surface area contributed by atoms with Crippen LogP contribution in [0.15, 0.2) is 12.3 Å². The van der Waals surface area contributed by atoms with Crippen molar-refractivity contribution in [3.63, 3.8) is 0 Å². The Morgan fingerprint density at radius 3 is 1.89 bits per heavy atom. The van der Waals surface area contributed by atoms with Gasteiger partial charge in [-0.3, -0.25) is 0 Å². The first-order chi connectivity index (χ1) is 13.3. The van der Waals surface area contributed by atoms with Gasteiger partial charge in [-0.2, -0.15) is 0 Å². The topological polar surface area (TPSA) is 36.9 Å². The third-order valence-electron chi connectivity index (χ3n) is 4.54. The lowest BCUT2D eigenvalue weighted by Gasteiger charge is -2.18. The Bertz CT molecular complexity index is 282. The third kappa shape index (κ3) is 21.6. The van der Waals surface area contributed by atoms with Crippen LogP contribution in [0.2, 0.25) is 0 Å². The molecule has 162 valence electrons. The monoisotopic (exact) mass is 386 g/mol. The minimum Gasteiger partial charge on any atom is -0.476 e. The lowest BCUT2D eigenvalue weighted by atomic mass is 10.1. The van der Waals surface area contributed by atoms with Crippen molar-refractivity contribution in [1.82, 2.24) is 0 Å². The van der Waals surface area contributed by atoms with Gasteiger partial charge in [-0.05, 0) is 44.6 Å². The molecule has 0 aliphatic carbocycles. The Kier molecular flexibility index (Phi) is 23.0. The van der Waals surface area contributed by atoms with E-state index in [9.17, 15) is 0 Å². The number of hydrogen-bond acceptors (Lipinski definition) is 4. The predicted octanol–water partition coefficient (Wildman–Crippen LogP) is 6.98. The summed E-state index contributed by atoms with van der Waals surface area (Å²) in [4.78, 5) is 0. The van der Waals surface area contributed by atoms with Gasteiger partial charge in [-0.25, -0.2) is 0 Å². The molecule has 0 bridgehead atoms. The van der Waals surface area contributed by atoms with Crippen LogP contribution in [0.4, 0.5) is 0 Å². The normalized spacial score (nSPS) is 11.7. The van der Waals surface area contributed by atoms with Crippen molar-refractivity contribution < 1.29 is 18.9 Å². The summed E-state index contributed by atoms with van der Waals surface area (Å²) in [5.74, 6) is 0. The molecule has 0 rings (SSSR count). The highest BCUT2D eigenvalue weighted by atomic mass is 16.7. The molecule has 0 aromatic rings. The maximum Gasteiger partial charge on any atom is 0.187 e. The first kappa shape index (κ1) is 26.4. The SMILES string of the molecule is CCCCCOC(CCCCCCCCC=COCOC)OCCCCC. The first-order valence-electron chi connectivity index (χ1n) is 11.3. The van der Waals surface area contributed by atoms with Gasteiger partial charge < -0.3 is 18.9 Å². The second-order valence-corrected chi connectivity index (χ2v) is 7.23. The molecule has 27 heavy (non-hydrogen) atoms. The smallest absolute Gasteiger partial charge is 0.187 e. The van der Waals surface area contributed by atoms with E-state index in [2.05, 4.69) is 19.9 Å². The molecule has 0 aliphatic rings.